The van der Waals surface area contributed by atoms with Crippen LogP contribution in [0.25, 0.3) is 0 Å². The fourth-order valence-electron chi connectivity index (χ4n) is 1.60. The molecule has 3 N–H and O–H groups in total. The molecule has 1 aromatic rings. The molecule has 16 heavy (non-hydrogen) atoms. The third-order valence-electron chi connectivity index (χ3n) is 2.46. The van der Waals surface area contributed by atoms with Gasteiger partial charge in [0.1, 0.15) is 5.75 Å². The van der Waals surface area contributed by atoms with E-state index < -0.39 is 5.60 Å². The van der Waals surface area contributed by atoms with Crippen molar-refractivity contribution >= 4 is 0 Å². The minimum absolute atomic E-state index is 0.134. The Bertz CT molecular complexity index is 334. The molecule has 0 bridgehead atoms. The summed E-state index contributed by atoms with van der Waals surface area (Å²) in [6, 6.07) is 7.54. The summed E-state index contributed by atoms with van der Waals surface area (Å²) < 4.78 is 5.59. The Morgan fingerprint density at radius 2 is 2.12 bits per heavy atom. The second-order valence-electron chi connectivity index (χ2n) is 4.51. The number of benzene rings is 1. The van der Waals surface area contributed by atoms with Gasteiger partial charge in [-0.1, -0.05) is 12.1 Å². The van der Waals surface area contributed by atoms with Crippen molar-refractivity contribution < 1.29 is 9.84 Å². The van der Waals surface area contributed by atoms with E-state index in [-0.39, 0.29) is 6.10 Å². The van der Waals surface area contributed by atoms with Crippen LogP contribution in [0.3, 0.4) is 0 Å². The first-order valence-corrected chi connectivity index (χ1v) is 5.65. The molecule has 1 atom stereocenters. The molecule has 0 fully saturated rings. The van der Waals surface area contributed by atoms with Gasteiger partial charge in [-0.15, -0.1) is 0 Å². The van der Waals surface area contributed by atoms with E-state index in [9.17, 15) is 5.11 Å². The van der Waals surface area contributed by atoms with Crippen LogP contribution in [0.15, 0.2) is 24.3 Å². The molecule has 0 saturated carbocycles. The molecule has 1 aromatic carbocycles. The Balaban J connectivity index is 2.89. The molecule has 0 amide bonds. The van der Waals surface area contributed by atoms with Crippen LogP contribution in [0.4, 0.5) is 0 Å². The van der Waals surface area contributed by atoms with Crippen molar-refractivity contribution in [1.29, 1.82) is 0 Å². The molecule has 1 rings (SSSR count). The summed E-state index contributed by atoms with van der Waals surface area (Å²) in [5.74, 6) is 0.782. The first-order chi connectivity index (χ1) is 7.45. The van der Waals surface area contributed by atoms with Crippen molar-refractivity contribution in [3.8, 4) is 5.75 Å². The van der Waals surface area contributed by atoms with Crippen LogP contribution in [-0.2, 0) is 5.60 Å². The lowest BCUT2D eigenvalue weighted by Gasteiger charge is -2.24. The van der Waals surface area contributed by atoms with E-state index in [1.165, 1.54) is 0 Å². The van der Waals surface area contributed by atoms with Gasteiger partial charge in [0.25, 0.3) is 0 Å². The first-order valence-electron chi connectivity index (χ1n) is 5.65. The van der Waals surface area contributed by atoms with Gasteiger partial charge >= 0.3 is 0 Å². The largest absolute Gasteiger partial charge is 0.491 e. The molecule has 0 aromatic heterocycles. The predicted molar refractivity (Wildman–Crippen MR) is 65.4 cm³/mol. The highest BCUT2D eigenvalue weighted by Crippen LogP contribution is 2.27. The second-order valence-corrected chi connectivity index (χ2v) is 4.51. The second kappa shape index (κ2) is 5.32. The summed E-state index contributed by atoms with van der Waals surface area (Å²) in [5.41, 5.74) is 5.44. The SMILES string of the molecule is CC(C)Oc1cccc(C(C)(O)CCN)c1. The molecular formula is C13H21NO2. The van der Waals surface area contributed by atoms with Crippen LogP contribution in [-0.4, -0.2) is 17.8 Å². The maximum atomic E-state index is 10.2. The zero-order valence-corrected chi connectivity index (χ0v) is 10.2. The number of aliphatic hydroxyl groups is 1. The molecule has 0 radical (unpaired) electrons. The fraction of sp³-hybridized carbons (Fsp3) is 0.538. The molecule has 0 saturated heterocycles. The Morgan fingerprint density at radius 1 is 1.44 bits per heavy atom. The lowest BCUT2D eigenvalue weighted by atomic mass is 9.92. The highest BCUT2D eigenvalue weighted by molar-refractivity contribution is 5.32. The molecule has 3 nitrogen and oxygen atoms in total. The summed E-state index contributed by atoms with van der Waals surface area (Å²) in [5, 5.41) is 10.2. The lowest BCUT2D eigenvalue weighted by molar-refractivity contribution is 0.0500. The Kier molecular flexibility index (Phi) is 4.33. The molecule has 0 spiro atoms. The number of hydrogen-bond donors (Lipinski definition) is 2. The van der Waals surface area contributed by atoms with E-state index >= 15 is 0 Å². The zero-order valence-electron chi connectivity index (χ0n) is 10.2. The van der Waals surface area contributed by atoms with Gasteiger partial charge < -0.3 is 15.6 Å². The highest BCUT2D eigenvalue weighted by atomic mass is 16.5. The highest BCUT2D eigenvalue weighted by Gasteiger charge is 2.22. The topological polar surface area (TPSA) is 55.5 Å². The Morgan fingerprint density at radius 3 is 2.69 bits per heavy atom. The Hall–Kier alpha value is -1.06. The smallest absolute Gasteiger partial charge is 0.120 e. The van der Waals surface area contributed by atoms with Crippen LogP contribution in [0.2, 0.25) is 0 Å². The maximum Gasteiger partial charge on any atom is 0.120 e. The lowest BCUT2D eigenvalue weighted by Crippen LogP contribution is -2.25. The van der Waals surface area contributed by atoms with Gasteiger partial charge in [-0.25, -0.2) is 0 Å². The quantitative estimate of drug-likeness (QED) is 0.803. The average Bonchev–Trinajstić information content (AvgIpc) is 2.17. The van der Waals surface area contributed by atoms with E-state index in [0.717, 1.165) is 11.3 Å². The first kappa shape index (κ1) is 13.0. The van der Waals surface area contributed by atoms with E-state index in [2.05, 4.69) is 0 Å². The minimum atomic E-state index is -0.884. The van der Waals surface area contributed by atoms with Gasteiger partial charge in [0.2, 0.25) is 0 Å². The van der Waals surface area contributed by atoms with Crippen molar-refractivity contribution in [2.24, 2.45) is 5.73 Å². The summed E-state index contributed by atoms with van der Waals surface area (Å²) in [6.07, 6.45) is 0.674. The van der Waals surface area contributed by atoms with Crippen molar-refractivity contribution in [3.63, 3.8) is 0 Å². The van der Waals surface area contributed by atoms with Gasteiger partial charge in [-0.05, 0) is 51.4 Å². The normalized spacial score (nSPS) is 14.9. The molecule has 1 unspecified atom stereocenters. The van der Waals surface area contributed by atoms with Crippen LogP contribution in [0.1, 0.15) is 32.8 Å². The van der Waals surface area contributed by atoms with Crippen LogP contribution < -0.4 is 10.5 Å². The maximum absolute atomic E-state index is 10.2. The third kappa shape index (κ3) is 3.51. The molecule has 0 aliphatic heterocycles. The van der Waals surface area contributed by atoms with Gasteiger partial charge in [0, 0.05) is 0 Å². The number of ether oxygens (including phenoxy) is 1. The monoisotopic (exact) mass is 223 g/mol. The van der Waals surface area contributed by atoms with Crippen molar-refractivity contribution in [1.82, 2.24) is 0 Å². The number of rotatable bonds is 5. The predicted octanol–water partition coefficient (Wildman–Crippen LogP) is 2.03. The molecule has 0 aliphatic carbocycles. The summed E-state index contributed by atoms with van der Waals surface area (Å²) in [6.45, 7) is 6.19. The third-order valence-corrected chi connectivity index (χ3v) is 2.46. The van der Waals surface area contributed by atoms with Crippen molar-refractivity contribution in [3.05, 3.63) is 29.8 Å². The Labute approximate surface area is 97.2 Å². The summed E-state index contributed by atoms with van der Waals surface area (Å²) in [7, 11) is 0. The minimum Gasteiger partial charge on any atom is -0.491 e. The molecular weight excluding hydrogens is 202 g/mol. The van der Waals surface area contributed by atoms with Gasteiger partial charge in [-0.3, -0.25) is 0 Å². The standard InChI is InChI=1S/C13H21NO2/c1-10(2)16-12-6-4-5-11(9-12)13(3,15)7-8-14/h4-6,9-10,15H,7-8,14H2,1-3H3. The van der Waals surface area contributed by atoms with Crippen LogP contribution >= 0.6 is 0 Å². The van der Waals surface area contributed by atoms with Crippen LogP contribution in [0.5, 0.6) is 5.75 Å². The molecule has 0 heterocycles. The van der Waals surface area contributed by atoms with Crippen LogP contribution in [0, 0.1) is 0 Å². The molecule has 0 aliphatic rings. The number of hydrogen-bond acceptors (Lipinski definition) is 3. The van der Waals surface area contributed by atoms with Gasteiger partial charge in [0.15, 0.2) is 0 Å². The summed E-state index contributed by atoms with van der Waals surface area (Å²) >= 11 is 0. The summed E-state index contributed by atoms with van der Waals surface area (Å²) in [4.78, 5) is 0. The van der Waals surface area contributed by atoms with Crippen molar-refractivity contribution in [2.45, 2.75) is 38.9 Å². The van der Waals surface area contributed by atoms with Gasteiger partial charge in [-0.2, -0.15) is 0 Å². The fourth-order valence-corrected chi connectivity index (χ4v) is 1.60. The molecule has 3 heteroatoms. The van der Waals surface area contributed by atoms with E-state index in [4.69, 9.17) is 10.5 Å². The van der Waals surface area contributed by atoms with E-state index in [1.807, 2.05) is 38.1 Å². The molecule has 90 valence electrons. The van der Waals surface area contributed by atoms with Gasteiger partial charge in [0.05, 0.1) is 11.7 Å². The van der Waals surface area contributed by atoms with E-state index in [1.54, 1.807) is 6.92 Å². The average molecular weight is 223 g/mol. The zero-order chi connectivity index (χ0) is 12.2. The van der Waals surface area contributed by atoms with Crippen molar-refractivity contribution in [2.75, 3.05) is 6.54 Å². The van der Waals surface area contributed by atoms with E-state index in [0.29, 0.717) is 13.0 Å². The number of nitrogens with two attached hydrogens (primary N) is 1.